The molecule has 1 aromatic carbocycles. The molecule has 0 bridgehead atoms. The molecule has 0 spiro atoms. The third-order valence-corrected chi connectivity index (χ3v) is 5.23. The van der Waals surface area contributed by atoms with Gasteiger partial charge in [-0.2, -0.15) is 10.1 Å². The maximum Gasteiger partial charge on any atom is 0.323 e. The number of fused-ring (bicyclic) bond motifs is 1. The minimum atomic E-state index is -0.231. The number of imidazole rings is 1. The van der Waals surface area contributed by atoms with Crippen molar-refractivity contribution in [2.45, 2.75) is 39.7 Å². The normalized spacial score (nSPS) is 14.3. The Kier molecular flexibility index (Phi) is 3.53. The molecular formula is C19H20N6O2. The minimum Gasteiger partial charge on any atom is -0.339 e. The number of H-pyrrole nitrogens is 2. The van der Waals surface area contributed by atoms with E-state index in [-0.39, 0.29) is 5.69 Å². The smallest absolute Gasteiger partial charge is 0.323 e. The Morgan fingerprint density at radius 3 is 2.85 bits per heavy atom. The first-order chi connectivity index (χ1) is 13.1. The summed E-state index contributed by atoms with van der Waals surface area (Å²) in [5.74, 6) is 1.85. The standard InChI is InChI=1S/C19H20N6O2/c1-10-14(11(2)25(23-10)9-12-3-4-12)8-17-22-18(24-27-17)13-5-6-15-16(7-13)21-19(26)20-15/h5-7,12H,3-4,8-9H2,1-2H3,(H2,20,21,26). The Balaban J connectivity index is 1.41. The molecule has 2 N–H and O–H groups in total. The lowest BCUT2D eigenvalue weighted by atomic mass is 10.1. The number of hydrogen-bond acceptors (Lipinski definition) is 5. The van der Waals surface area contributed by atoms with Crippen molar-refractivity contribution in [2.24, 2.45) is 5.92 Å². The first-order valence-corrected chi connectivity index (χ1v) is 9.14. The third kappa shape index (κ3) is 2.97. The summed E-state index contributed by atoms with van der Waals surface area (Å²) in [5, 5.41) is 8.78. The fourth-order valence-electron chi connectivity index (χ4n) is 3.48. The van der Waals surface area contributed by atoms with Crippen LogP contribution in [0.1, 0.15) is 35.7 Å². The van der Waals surface area contributed by atoms with Crippen LogP contribution in [0.3, 0.4) is 0 Å². The van der Waals surface area contributed by atoms with Gasteiger partial charge < -0.3 is 14.5 Å². The molecule has 1 aliphatic carbocycles. The zero-order valence-electron chi connectivity index (χ0n) is 15.2. The molecule has 27 heavy (non-hydrogen) atoms. The minimum absolute atomic E-state index is 0.231. The SMILES string of the molecule is Cc1nn(CC2CC2)c(C)c1Cc1nc(-c2ccc3[nH]c(=O)[nH]c3c2)no1. The molecule has 1 saturated carbocycles. The second-order valence-electron chi connectivity index (χ2n) is 7.30. The molecule has 3 heterocycles. The van der Waals surface area contributed by atoms with Gasteiger partial charge in [-0.25, -0.2) is 4.79 Å². The van der Waals surface area contributed by atoms with Crippen molar-refractivity contribution in [1.29, 1.82) is 0 Å². The zero-order chi connectivity index (χ0) is 18.5. The van der Waals surface area contributed by atoms with E-state index in [0.29, 0.717) is 18.1 Å². The van der Waals surface area contributed by atoms with Gasteiger partial charge in [-0.05, 0) is 50.8 Å². The highest BCUT2D eigenvalue weighted by Crippen LogP contribution is 2.31. The molecule has 0 amide bonds. The third-order valence-electron chi connectivity index (χ3n) is 5.23. The lowest BCUT2D eigenvalue weighted by Crippen LogP contribution is -2.04. The van der Waals surface area contributed by atoms with Crippen molar-refractivity contribution in [3.63, 3.8) is 0 Å². The highest BCUT2D eigenvalue weighted by Gasteiger charge is 2.24. The van der Waals surface area contributed by atoms with Crippen LogP contribution >= 0.6 is 0 Å². The summed E-state index contributed by atoms with van der Waals surface area (Å²) in [4.78, 5) is 21.4. The summed E-state index contributed by atoms with van der Waals surface area (Å²) < 4.78 is 7.58. The van der Waals surface area contributed by atoms with Crippen molar-refractivity contribution in [2.75, 3.05) is 0 Å². The molecule has 0 atom stereocenters. The van der Waals surface area contributed by atoms with Gasteiger partial charge in [-0.3, -0.25) is 4.68 Å². The maximum absolute atomic E-state index is 11.4. The van der Waals surface area contributed by atoms with Gasteiger partial charge in [0.25, 0.3) is 0 Å². The number of hydrogen-bond donors (Lipinski definition) is 2. The Labute approximate surface area is 154 Å². The molecule has 1 aliphatic rings. The monoisotopic (exact) mass is 364 g/mol. The van der Waals surface area contributed by atoms with Crippen molar-refractivity contribution in [1.82, 2.24) is 29.9 Å². The topological polar surface area (TPSA) is 105 Å². The quantitative estimate of drug-likeness (QED) is 0.566. The van der Waals surface area contributed by atoms with Crippen LogP contribution in [-0.4, -0.2) is 29.9 Å². The van der Waals surface area contributed by atoms with Crippen molar-refractivity contribution >= 4 is 11.0 Å². The van der Waals surface area contributed by atoms with Crippen LogP contribution < -0.4 is 5.69 Å². The van der Waals surface area contributed by atoms with E-state index in [2.05, 4.69) is 36.8 Å². The average Bonchev–Trinajstić information content (AvgIpc) is 3.09. The molecule has 8 heteroatoms. The summed E-state index contributed by atoms with van der Waals surface area (Å²) in [7, 11) is 0. The summed E-state index contributed by atoms with van der Waals surface area (Å²) in [5.41, 5.74) is 5.37. The van der Waals surface area contributed by atoms with E-state index < -0.39 is 0 Å². The van der Waals surface area contributed by atoms with E-state index in [1.165, 1.54) is 18.5 Å². The number of nitrogens with one attached hydrogen (secondary N) is 2. The van der Waals surface area contributed by atoms with E-state index in [9.17, 15) is 4.79 Å². The van der Waals surface area contributed by atoms with Crippen LogP contribution in [0.25, 0.3) is 22.4 Å². The van der Waals surface area contributed by atoms with Gasteiger partial charge in [0, 0.05) is 23.4 Å². The van der Waals surface area contributed by atoms with Gasteiger partial charge in [0.05, 0.1) is 23.1 Å². The lowest BCUT2D eigenvalue weighted by molar-refractivity contribution is 0.385. The van der Waals surface area contributed by atoms with Crippen LogP contribution in [0, 0.1) is 19.8 Å². The number of aromatic nitrogens is 6. The molecule has 0 aliphatic heterocycles. The molecule has 0 radical (unpaired) electrons. The molecule has 1 fully saturated rings. The van der Waals surface area contributed by atoms with Crippen LogP contribution in [0.4, 0.5) is 0 Å². The Bertz CT molecular complexity index is 1190. The lowest BCUT2D eigenvalue weighted by Gasteiger charge is -2.03. The van der Waals surface area contributed by atoms with E-state index >= 15 is 0 Å². The average molecular weight is 364 g/mol. The first-order valence-electron chi connectivity index (χ1n) is 9.14. The van der Waals surface area contributed by atoms with Gasteiger partial charge in [0.2, 0.25) is 11.7 Å². The fraction of sp³-hybridized carbons (Fsp3) is 0.368. The van der Waals surface area contributed by atoms with Crippen molar-refractivity contribution < 1.29 is 4.52 Å². The van der Waals surface area contributed by atoms with Crippen molar-refractivity contribution in [3.05, 3.63) is 51.5 Å². The predicted molar refractivity (Wildman–Crippen MR) is 99.4 cm³/mol. The van der Waals surface area contributed by atoms with Crippen molar-refractivity contribution in [3.8, 4) is 11.4 Å². The number of aryl methyl sites for hydroxylation is 1. The maximum atomic E-state index is 11.4. The molecule has 0 unspecified atom stereocenters. The van der Waals surface area contributed by atoms with Gasteiger partial charge in [-0.1, -0.05) is 5.16 Å². The number of rotatable bonds is 5. The number of benzene rings is 1. The van der Waals surface area contributed by atoms with Gasteiger partial charge >= 0.3 is 5.69 Å². The Hall–Kier alpha value is -3.16. The molecule has 3 aromatic heterocycles. The number of aromatic amines is 2. The first kappa shape index (κ1) is 16.0. The van der Waals surface area contributed by atoms with Crippen LogP contribution in [-0.2, 0) is 13.0 Å². The zero-order valence-corrected chi connectivity index (χ0v) is 15.2. The molecule has 5 rings (SSSR count). The van der Waals surface area contributed by atoms with Crippen LogP contribution in [0.2, 0.25) is 0 Å². The largest absolute Gasteiger partial charge is 0.339 e. The summed E-state index contributed by atoms with van der Waals surface area (Å²) >= 11 is 0. The van der Waals surface area contributed by atoms with Crippen LogP contribution in [0.15, 0.2) is 27.5 Å². The molecule has 8 nitrogen and oxygen atoms in total. The molecule has 138 valence electrons. The van der Waals surface area contributed by atoms with E-state index in [0.717, 1.165) is 40.3 Å². The highest BCUT2D eigenvalue weighted by molar-refractivity contribution is 5.79. The van der Waals surface area contributed by atoms with E-state index in [1.54, 1.807) is 0 Å². The summed E-state index contributed by atoms with van der Waals surface area (Å²) in [6.45, 7) is 5.13. The second kappa shape index (κ2) is 5.94. The van der Waals surface area contributed by atoms with Gasteiger partial charge in [-0.15, -0.1) is 0 Å². The summed E-state index contributed by atoms with van der Waals surface area (Å²) in [6, 6.07) is 5.53. The fourth-order valence-corrected chi connectivity index (χ4v) is 3.48. The molecule has 0 saturated heterocycles. The van der Waals surface area contributed by atoms with Crippen LogP contribution in [0.5, 0.6) is 0 Å². The predicted octanol–water partition coefficient (Wildman–Crippen LogP) is 2.72. The Morgan fingerprint density at radius 2 is 2.04 bits per heavy atom. The molecular weight excluding hydrogens is 344 g/mol. The van der Waals surface area contributed by atoms with E-state index in [4.69, 9.17) is 4.52 Å². The Morgan fingerprint density at radius 1 is 1.22 bits per heavy atom. The molecule has 4 aromatic rings. The number of nitrogens with zero attached hydrogens (tertiary/aromatic N) is 4. The highest BCUT2D eigenvalue weighted by atomic mass is 16.5. The van der Waals surface area contributed by atoms with Gasteiger partial charge in [0.15, 0.2) is 0 Å². The van der Waals surface area contributed by atoms with E-state index in [1.807, 2.05) is 25.1 Å². The second-order valence-corrected chi connectivity index (χ2v) is 7.30. The summed E-state index contributed by atoms with van der Waals surface area (Å²) in [6.07, 6.45) is 3.17. The van der Waals surface area contributed by atoms with Gasteiger partial charge in [0.1, 0.15) is 0 Å².